The van der Waals surface area contributed by atoms with Crippen molar-refractivity contribution < 1.29 is 4.79 Å². The second kappa shape index (κ2) is 10.9. The van der Waals surface area contributed by atoms with Crippen molar-refractivity contribution in [3.63, 3.8) is 0 Å². The summed E-state index contributed by atoms with van der Waals surface area (Å²) in [5.74, 6) is -0.225. The van der Waals surface area contributed by atoms with Crippen LogP contribution in [0.15, 0.2) is 61.3 Å². The predicted molar refractivity (Wildman–Crippen MR) is 146 cm³/mol. The van der Waals surface area contributed by atoms with Crippen molar-refractivity contribution in [2.24, 2.45) is 5.73 Å². The molecule has 0 aliphatic heterocycles. The molecule has 192 valence electrons. The maximum Gasteiger partial charge on any atom is 0.255 e. The zero-order valence-corrected chi connectivity index (χ0v) is 21.9. The van der Waals surface area contributed by atoms with Crippen molar-refractivity contribution in [2.45, 2.75) is 26.3 Å². The number of aryl methyl sites for hydroxylation is 1. The standard InChI is InChI=1S/C27H33N9O/c1-18-6-7-22(13-25(18)36-16-24(33-34-36)20-14-29-17-30-15-20)32-26(37)19-10-21(27(2,3)28)12-23(11-19)31-8-9-35(4)5/h6-7,10-17,31H,8-9,28H2,1-5H3,(H,32,37). The highest BCUT2D eigenvalue weighted by Crippen LogP contribution is 2.25. The first kappa shape index (κ1) is 25.9. The second-order valence-electron chi connectivity index (χ2n) is 9.88. The Morgan fingerprint density at radius 2 is 1.84 bits per heavy atom. The van der Waals surface area contributed by atoms with Gasteiger partial charge in [0.25, 0.3) is 5.91 Å². The number of benzene rings is 2. The molecule has 37 heavy (non-hydrogen) atoms. The number of anilines is 2. The minimum absolute atomic E-state index is 0.225. The molecule has 0 atom stereocenters. The Bertz CT molecular complexity index is 1370. The van der Waals surface area contributed by atoms with E-state index in [0.717, 1.165) is 41.2 Å². The van der Waals surface area contributed by atoms with Crippen LogP contribution >= 0.6 is 0 Å². The van der Waals surface area contributed by atoms with E-state index in [0.29, 0.717) is 16.9 Å². The lowest BCUT2D eigenvalue weighted by atomic mass is 9.93. The largest absolute Gasteiger partial charge is 0.384 e. The Balaban J connectivity index is 1.58. The van der Waals surface area contributed by atoms with Crippen molar-refractivity contribution in [3.8, 4) is 16.9 Å². The van der Waals surface area contributed by atoms with E-state index in [9.17, 15) is 4.79 Å². The quantitative estimate of drug-likeness (QED) is 0.320. The molecule has 2 aromatic carbocycles. The first-order valence-corrected chi connectivity index (χ1v) is 12.0. The summed E-state index contributed by atoms with van der Waals surface area (Å²) in [5.41, 5.74) is 11.9. The van der Waals surface area contributed by atoms with Gasteiger partial charge in [-0.1, -0.05) is 11.3 Å². The molecule has 0 bridgehead atoms. The molecule has 4 aromatic rings. The highest BCUT2D eigenvalue weighted by atomic mass is 16.1. The summed E-state index contributed by atoms with van der Waals surface area (Å²) in [6.07, 6.45) is 6.65. The van der Waals surface area contributed by atoms with Gasteiger partial charge in [-0.2, -0.15) is 0 Å². The molecule has 2 aromatic heterocycles. The van der Waals surface area contributed by atoms with Gasteiger partial charge in [0.15, 0.2) is 0 Å². The maximum atomic E-state index is 13.3. The zero-order valence-electron chi connectivity index (χ0n) is 21.9. The maximum absolute atomic E-state index is 13.3. The Morgan fingerprint density at radius 1 is 1.08 bits per heavy atom. The van der Waals surface area contributed by atoms with Crippen LogP contribution in [-0.2, 0) is 5.54 Å². The van der Waals surface area contributed by atoms with Crippen LogP contribution in [0.25, 0.3) is 16.9 Å². The van der Waals surface area contributed by atoms with Crippen LogP contribution in [0.1, 0.15) is 35.3 Å². The molecule has 4 N–H and O–H groups in total. The van der Waals surface area contributed by atoms with Gasteiger partial charge in [-0.3, -0.25) is 4.79 Å². The van der Waals surface area contributed by atoms with Crippen LogP contribution in [0.2, 0.25) is 0 Å². The number of amides is 1. The van der Waals surface area contributed by atoms with Crippen LogP contribution < -0.4 is 16.4 Å². The molecule has 0 fully saturated rings. The zero-order chi connectivity index (χ0) is 26.6. The van der Waals surface area contributed by atoms with E-state index in [1.165, 1.54) is 6.33 Å². The summed E-state index contributed by atoms with van der Waals surface area (Å²) in [5, 5.41) is 14.9. The lowest BCUT2D eigenvalue weighted by Crippen LogP contribution is -2.29. The van der Waals surface area contributed by atoms with Crippen molar-refractivity contribution in [1.29, 1.82) is 0 Å². The van der Waals surface area contributed by atoms with Crippen LogP contribution in [0.3, 0.4) is 0 Å². The van der Waals surface area contributed by atoms with E-state index in [1.807, 2.05) is 77.5 Å². The Kier molecular flexibility index (Phi) is 7.61. The number of carbonyl (C=O) groups excluding carboxylic acids is 1. The predicted octanol–water partition coefficient (Wildman–Crippen LogP) is 3.45. The smallest absolute Gasteiger partial charge is 0.255 e. The van der Waals surface area contributed by atoms with Crippen molar-refractivity contribution in [1.82, 2.24) is 29.9 Å². The molecule has 10 heteroatoms. The number of aromatic nitrogens is 5. The number of hydrogen-bond acceptors (Lipinski definition) is 8. The SMILES string of the molecule is Cc1ccc(NC(=O)c2cc(NCCN(C)C)cc(C(C)(C)N)c2)cc1-n1cc(-c2cncnc2)nn1. The molecule has 0 aliphatic rings. The molecule has 4 rings (SSSR count). The average Bonchev–Trinajstić information content (AvgIpc) is 3.35. The van der Waals surface area contributed by atoms with E-state index in [-0.39, 0.29) is 5.91 Å². The van der Waals surface area contributed by atoms with Gasteiger partial charge < -0.3 is 21.3 Å². The molecule has 2 heterocycles. The fraction of sp³-hybridized carbons (Fsp3) is 0.296. The molecular formula is C27H33N9O. The van der Waals surface area contributed by atoms with Crippen LogP contribution in [0.5, 0.6) is 0 Å². The molecule has 1 amide bonds. The molecule has 0 spiro atoms. The lowest BCUT2D eigenvalue weighted by molar-refractivity contribution is 0.102. The van der Waals surface area contributed by atoms with Gasteiger partial charge in [0.1, 0.15) is 12.0 Å². The topological polar surface area (TPSA) is 127 Å². The summed E-state index contributed by atoms with van der Waals surface area (Å²) in [7, 11) is 4.04. The van der Waals surface area contributed by atoms with Gasteiger partial charge in [-0.25, -0.2) is 14.6 Å². The van der Waals surface area contributed by atoms with E-state index < -0.39 is 5.54 Å². The Morgan fingerprint density at radius 3 is 2.54 bits per heavy atom. The molecule has 0 saturated carbocycles. The van der Waals surface area contributed by atoms with Crippen molar-refractivity contribution in [3.05, 3.63) is 78.0 Å². The number of nitrogens with zero attached hydrogens (tertiary/aromatic N) is 6. The third-order valence-corrected chi connectivity index (χ3v) is 5.89. The fourth-order valence-electron chi connectivity index (χ4n) is 3.74. The van der Waals surface area contributed by atoms with Gasteiger partial charge in [0, 0.05) is 53.5 Å². The van der Waals surface area contributed by atoms with Gasteiger partial charge in [-0.15, -0.1) is 5.10 Å². The van der Waals surface area contributed by atoms with Gasteiger partial charge >= 0.3 is 0 Å². The number of carbonyl (C=O) groups is 1. The minimum Gasteiger partial charge on any atom is -0.384 e. The van der Waals surface area contributed by atoms with Gasteiger partial charge in [0.2, 0.25) is 0 Å². The third-order valence-electron chi connectivity index (χ3n) is 5.89. The molecule has 0 aliphatic carbocycles. The van der Waals surface area contributed by atoms with Gasteiger partial charge in [0.05, 0.1) is 11.9 Å². The highest BCUT2D eigenvalue weighted by molar-refractivity contribution is 6.05. The second-order valence-corrected chi connectivity index (χ2v) is 9.88. The van der Waals surface area contributed by atoms with E-state index in [2.05, 4.69) is 35.8 Å². The molecule has 0 saturated heterocycles. The van der Waals surface area contributed by atoms with E-state index >= 15 is 0 Å². The van der Waals surface area contributed by atoms with Crippen molar-refractivity contribution >= 4 is 17.3 Å². The van der Waals surface area contributed by atoms with E-state index in [4.69, 9.17) is 5.73 Å². The third kappa shape index (κ3) is 6.54. The highest BCUT2D eigenvalue weighted by Gasteiger charge is 2.19. The summed E-state index contributed by atoms with van der Waals surface area (Å²) in [4.78, 5) is 23.5. The average molecular weight is 500 g/mol. The van der Waals surface area contributed by atoms with Crippen LogP contribution in [-0.4, -0.2) is 63.0 Å². The molecule has 10 nitrogen and oxygen atoms in total. The molecule has 0 unspecified atom stereocenters. The van der Waals surface area contributed by atoms with Crippen molar-refractivity contribution in [2.75, 3.05) is 37.8 Å². The first-order valence-electron chi connectivity index (χ1n) is 12.0. The summed E-state index contributed by atoms with van der Waals surface area (Å²) >= 11 is 0. The van der Waals surface area contributed by atoms with Gasteiger partial charge in [-0.05, 0) is 76.3 Å². The molecule has 0 radical (unpaired) electrons. The summed E-state index contributed by atoms with van der Waals surface area (Å²) in [6.45, 7) is 7.44. The monoisotopic (exact) mass is 499 g/mol. The normalized spacial score (nSPS) is 11.5. The number of nitrogens with two attached hydrogens (primary N) is 1. The van der Waals surface area contributed by atoms with E-state index in [1.54, 1.807) is 17.1 Å². The minimum atomic E-state index is -0.597. The number of rotatable bonds is 9. The fourth-order valence-corrected chi connectivity index (χ4v) is 3.74. The molecular weight excluding hydrogens is 466 g/mol. The summed E-state index contributed by atoms with van der Waals surface area (Å²) < 4.78 is 1.68. The Hall–Kier alpha value is -4.15. The van der Waals surface area contributed by atoms with Crippen LogP contribution in [0.4, 0.5) is 11.4 Å². The number of nitrogens with one attached hydrogen (secondary N) is 2. The number of hydrogen-bond donors (Lipinski definition) is 3. The first-order chi connectivity index (χ1) is 17.6. The van der Waals surface area contributed by atoms with Crippen LogP contribution in [0, 0.1) is 6.92 Å². The summed E-state index contributed by atoms with van der Waals surface area (Å²) in [6, 6.07) is 11.4. The Labute approximate surface area is 216 Å². The number of likely N-dealkylation sites (N-methyl/N-ethyl adjacent to an activating group) is 1. The lowest BCUT2D eigenvalue weighted by Gasteiger charge is -2.22.